The molecule has 1 nitrogen and oxygen atoms in total. The molecule has 0 aliphatic heterocycles. The van der Waals surface area contributed by atoms with Crippen LogP contribution in [-0.2, 0) is 0 Å². The maximum absolute atomic E-state index is 9.58. The molecule has 0 spiro atoms. The van der Waals surface area contributed by atoms with E-state index in [0.717, 1.165) is 0 Å². The zero-order valence-corrected chi connectivity index (χ0v) is 7.76. The molecule has 0 unspecified atom stereocenters. The summed E-state index contributed by atoms with van der Waals surface area (Å²) < 4.78 is 0. The van der Waals surface area contributed by atoms with E-state index < -0.39 is 8.32 Å². The van der Waals surface area contributed by atoms with Crippen molar-refractivity contribution >= 4 is 8.32 Å². The molecule has 0 aromatic heterocycles. The number of hydrogen-bond donors (Lipinski definition) is 0. The first-order chi connectivity index (χ1) is 2.00. The molecule has 0 saturated heterocycles. The van der Waals surface area contributed by atoms with Crippen LogP contribution in [0.4, 0.5) is 0 Å². The van der Waals surface area contributed by atoms with Gasteiger partial charge in [-0.25, -0.2) is 0 Å². The SMILES string of the molecule is [CH][Si]([CH])([CH])[O-].[K+]. The van der Waals surface area contributed by atoms with Gasteiger partial charge in [-0.15, -0.1) is 0 Å². The summed E-state index contributed by atoms with van der Waals surface area (Å²) in [7, 11) is -3.36. The van der Waals surface area contributed by atoms with Crippen molar-refractivity contribution in [3.63, 3.8) is 0 Å². The Bertz CT molecular complexity index is 26.3. The molecule has 0 amide bonds. The fourth-order valence-electron chi connectivity index (χ4n) is 0. The zero-order valence-electron chi connectivity index (χ0n) is 3.64. The summed E-state index contributed by atoms with van der Waals surface area (Å²) in [6.07, 6.45) is 0. The van der Waals surface area contributed by atoms with Crippen LogP contribution in [0.3, 0.4) is 0 Å². The molecular weight excluding hydrogens is 119 g/mol. The Balaban J connectivity index is 0. The van der Waals surface area contributed by atoms with Gasteiger partial charge in [0.1, 0.15) is 0 Å². The monoisotopic (exact) mass is 122 g/mol. The van der Waals surface area contributed by atoms with E-state index in [4.69, 9.17) is 0 Å². The van der Waals surface area contributed by atoms with Crippen LogP contribution in [0.5, 0.6) is 0 Å². The van der Waals surface area contributed by atoms with Crippen molar-refractivity contribution in [2.45, 2.75) is 0 Å². The van der Waals surface area contributed by atoms with Gasteiger partial charge in [-0.2, -0.15) is 0 Å². The van der Waals surface area contributed by atoms with E-state index in [2.05, 4.69) is 19.6 Å². The van der Waals surface area contributed by atoms with Crippen LogP contribution < -0.4 is 56.2 Å². The summed E-state index contributed by atoms with van der Waals surface area (Å²) in [4.78, 5) is 9.58. The Hall–Kier alpha value is 1.81. The van der Waals surface area contributed by atoms with Crippen LogP contribution in [0.2, 0.25) is 0 Å². The van der Waals surface area contributed by atoms with E-state index >= 15 is 0 Å². The molecule has 0 N–H and O–H groups in total. The first kappa shape index (κ1) is 10.7. The third-order valence-corrected chi connectivity index (χ3v) is 0. The summed E-state index contributed by atoms with van der Waals surface area (Å²) in [5.74, 6) is 0. The van der Waals surface area contributed by atoms with Crippen LogP contribution in [-0.4, -0.2) is 8.32 Å². The molecular formula is C3H3KOSi. The minimum atomic E-state index is -3.36. The molecule has 0 aliphatic carbocycles. The number of rotatable bonds is 0. The van der Waals surface area contributed by atoms with Gasteiger partial charge in [0, 0.05) is 0 Å². The molecule has 3 heteroatoms. The van der Waals surface area contributed by atoms with E-state index in [9.17, 15) is 4.80 Å². The van der Waals surface area contributed by atoms with Crippen molar-refractivity contribution in [2.24, 2.45) is 0 Å². The second-order valence-electron chi connectivity index (χ2n) is 0.854. The van der Waals surface area contributed by atoms with Gasteiger partial charge in [-0.3, -0.25) is 0 Å². The fourth-order valence-corrected chi connectivity index (χ4v) is 0. The van der Waals surface area contributed by atoms with Crippen LogP contribution in [0, 0.1) is 19.6 Å². The fraction of sp³-hybridized carbons (Fsp3) is 0. The maximum Gasteiger partial charge on any atom is 1.00 e. The molecule has 6 radical (unpaired) electrons. The van der Waals surface area contributed by atoms with Crippen molar-refractivity contribution < 1.29 is 56.2 Å². The molecule has 0 aromatic rings. The maximum atomic E-state index is 9.58. The van der Waals surface area contributed by atoms with Gasteiger partial charge >= 0.3 is 51.4 Å². The van der Waals surface area contributed by atoms with Crippen LogP contribution in [0.1, 0.15) is 0 Å². The van der Waals surface area contributed by atoms with E-state index in [-0.39, 0.29) is 51.4 Å². The third kappa shape index (κ3) is 41.0. The first-order valence-corrected chi connectivity index (χ1v) is 3.21. The van der Waals surface area contributed by atoms with Gasteiger partial charge in [-0.1, -0.05) is 19.6 Å². The third-order valence-electron chi connectivity index (χ3n) is 0. The van der Waals surface area contributed by atoms with E-state index in [0.29, 0.717) is 0 Å². The van der Waals surface area contributed by atoms with Gasteiger partial charge in [0.05, 0.1) is 0 Å². The first-order valence-electron chi connectivity index (χ1n) is 1.07. The van der Waals surface area contributed by atoms with E-state index in [1.165, 1.54) is 0 Å². The standard InChI is InChI=1S/C3H3OSi.K/c1-5(2,3)4;/h1-3H;/q-1;+1. The predicted molar refractivity (Wildman–Crippen MR) is 18.7 cm³/mol. The summed E-state index contributed by atoms with van der Waals surface area (Å²) in [5.41, 5.74) is 0. The molecule has 0 atom stereocenters. The molecule has 0 heterocycles. The smallest absolute Gasteiger partial charge is 0.858 e. The predicted octanol–water partition coefficient (Wildman–Crippen LogP) is -3.95. The molecule has 26 valence electrons. The second-order valence-corrected chi connectivity index (χ2v) is 2.56. The van der Waals surface area contributed by atoms with Crippen LogP contribution in [0.15, 0.2) is 0 Å². The topological polar surface area (TPSA) is 23.1 Å². The normalized spacial score (nSPS) is 10.0. The Labute approximate surface area is 82.7 Å². The largest absolute Gasteiger partial charge is 1.00 e. The van der Waals surface area contributed by atoms with Crippen molar-refractivity contribution in [3.8, 4) is 0 Å². The minimum absolute atomic E-state index is 0. The van der Waals surface area contributed by atoms with Gasteiger partial charge in [0.15, 0.2) is 0 Å². The quantitative estimate of drug-likeness (QED) is 0.301. The Morgan fingerprint density at radius 2 is 1.17 bits per heavy atom. The summed E-state index contributed by atoms with van der Waals surface area (Å²) in [5, 5.41) is 0. The molecule has 0 bridgehead atoms. The Morgan fingerprint density at radius 3 is 1.17 bits per heavy atom. The van der Waals surface area contributed by atoms with Gasteiger partial charge < -0.3 is 4.80 Å². The van der Waals surface area contributed by atoms with Gasteiger partial charge in [0.2, 0.25) is 0 Å². The molecule has 0 fully saturated rings. The summed E-state index contributed by atoms with van der Waals surface area (Å²) >= 11 is 0. The molecule has 6 heavy (non-hydrogen) atoms. The average molecular weight is 122 g/mol. The Morgan fingerprint density at radius 1 is 1.17 bits per heavy atom. The number of hydrogen-bond acceptors (Lipinski definition) is 1. The molecule has 0 aliphatic rings. The summed E-state index contributed by atoms with van der Waals surface area (Å²) in [6, 6.07) is 0. The van der Waals surface area contributed by atoms with Crippen LogP contribution >= 0.6 is 0 Å². The molecule has 0 aromatic carbocycles. The molecule has 0 rings (SSSR count). The van der Waals surface area contributed by atoms with Crippen molar-refractivity contribution in [2.75, 3.05) is 0 Å². The zero-order chi connectivity index (χ0) is 4.50. The minimum Gasteiger partial charge on any atom is -0.858 e. The van der Waals surface area contributed by atoms with Crippen molar-refractivity contribution in [3.05, 3.63) is 19.6 Å². The summed E-state index contributed by atoms with van der Waals surface area (Å²) in [6.45, 7) is 13.5. The van der Waals surface area contributed by atoms with Crippen molar-refractivity contribution in [1.29, 1.82) is 0 Å². The van der Waals surface area contributed by atoms with Crippen LogP contribution in [0.25, 0.3) is 0 Å². The Kier molecular flexibility index (Phi) is 6.75. The molecule has 0 saturated carbocycles. The van der Waals surface area contributed by atoms with Crippen molar-refractivity contribution in [1.82, 2.24) is 0 Å². The van der Waals surface area contributed by atoms with Gasteiger partial charge in [0.25, 0.3) is 0 Å². The second kappa shape index (κ2) is 3.77. The van der Waals surface area contributed by atoms with Gasteiger partial charge in [-0.05, 0) is 8.32 Å². The van der Waals surface area contributed by atoms with E-state index in [1.54, 1.807) is 0 Å². The van der Waals surface area contributed by atoms with E-state index in [1.807, 2.05) is 0 Å². The average Bonchev–Trinajstić information content (AvgIpc) is 0.722.